The highest BCUT2D eigenvalue weighted by atomic mass is 16.3. The van der Waals surface area contributed by atoms with Crippen molar-refractivity contribution in [3.05, 3.63) is 35.9 Å². The van der Waals surface area contributed by atoms with Crippen LogP contribution in [0.15, 0.2) is 35.3 Å². The minimum absolute atomic E-state index is 0.449. The van der Waals surface area contributed by atoms with E-state index in [4.69, 9.17) is 0 Å². The van der Waals surface area contributed by atoms with E-state index in [-0.39, 0.29) is 0 Å². The van der Waals surface area contributed by atoms with Crippen LogP contribution in [-0.4, -0.2) is 24.0 Å². The second-order valence-electron chi connectivity index (χ2n) is 3.74. The number of aliphatic hydroxyl groups is 1. The van der Waals surface area contributed by atoms with E-state index in [1.165, 1.54) is 0 Å². The lowest BCUT2D eigenvalue weighted by Crippen LogP contribution is -2.30. The Morgan fingerprint density at radius 1 is 1.33 bits per heavy atom. The summed E-state index contributed by atoms with van der Waals surface area (Å²) in [5.41, 5.74) is 0.951. The summed E-state index contributed by atoms with van der Waals surface area (Å²) in [5.74, 6) is 0.928. The summed E-state index contributed by atoms with van der Waals surface area (Å²) in [6.45, 7) is 1.85. The molecule has 0 bridgehead atoms. The third kappa shape index (κ3) is 2.80. The van der Waals surface area contributed by atoms with Crippen LogP contribution in [-0.2, 0) is 0 Å². The van der Waals surface area contributed by atoms with Gasteiger partial charge in [-0.3, -0.25) is 4.99 Å². The maximum absolute atomic E-state index is 9.95. The lowest BCUT2D eigenvalue weighted by Gasteiger charge is -2.17. The fraction of sp³-hybridized carbons (Fsp3) is 0.417. The van der Waals surface area contributed by atoms with Gasteiger partial charge in [-0.15, -0.1) is 0 Å². The van der Waals surface area contributed by atoms with Gasteiger partial charge in [0.15, 0.2) is 0 Å². The van der Waals surface area contributed by atoms with Crippen LogP contribution in [0, 0.1) is 0 Å². The Hall–Kier alpha value is -1.35. The van der Waals surface area contributed by atoms with Gasteiger partial charge in [-0.2, -0.15) is 0 Å². The number of rotatable bonds is 3. The summed E-state index contributed by atoms with van der Waals surface area (Å²) in [4.78, 5) is 4.34. The zero-order chi connectivity index (χ0) is 10.5. The Morgan fingerprint density at radius 3 is 2.80 bits per heavy atom. The van der Waals surface area contributed by atoms with Gasteiger partial charge in [0.2, 0.25) is 0 Å². The molecule has 80 valence electrons. The van der Waals surface area contributed by atoms with Gasteiger partial charge in [0.25, 0.3) is 0 Å². The fourth-order valence-electron chi connectivity index (χ4n) is 1.69. The molecule has 3 nitrogen and oxygen atoms in total. The maximum Gasteiger partial charge on any atom is 0.0992 e. The van der Waals surface area contributed by atoms with E-state index >= 15 is 0 Å². The van der Waals surface area contributed by atoms with Gasteiger partial charge in [-0.25, -0.2) is 0 Å². The van der Waals surface area contributed by atoms with E-state index in [9.17, 15) is 5.11 Å². The van der Waals surface area contributed by atoms with Crippen LogP contribution < -0.4 is 5.32 Å². The fourth-order valence-corrected chi connectivity index (χ4v) is 1.69. The van der Waals surface area contributed by atoms with Crippen LogP contribution in [0.2, 0.25) is 0 Å². The summed E-state index contributed by atoms with van der Waals surface area (Å²) in [5, 5.41) is 13.2. The number of aliphatic hydroxyl groups excluding tert-OH is 1. The number of hydrogen-bond donors (Lipinski definition) is 2. The quantitative estimate of drug-likeness (QED) is 0.783. The van der Waals surface area contributed by atoms with Gasteiger partial charge >= 0.3 is 0 Å². The first kappa shape index (κ1) is 10.2. The Kier molecular flexibility index (Phi) is 3.35. The molecule has 2 rings (SSSR count). The van der Waals surface area contributed by atoms with Crippen LogP contribution in [0.3, 0.4) is 0 Å². The van der Waals surface area contributed by atoms with Crippen molar-refractivity contribution in [2.24, 2.45) is 4.99 Å². The SMILES string of the molecule is OC(CC1=NCCCN1)c1ccccc1. The number of nitrogens with zero attached hydrogens (tertiary/aromatic N) is 1. The highest BCUT2D eigenvalue weighted by molar-refractivity contribution is 5.83. The molecule has 0 amide bonds. The molecule has 1 aliphatic heterocycles. The molecule has 1 unspecified atom stereocenters. The first-order valence-corrected chi connectivity index (χ1v) is 5.36. The molecule has 0 fully saturated rings. The number of hydrogen-bond acceptors (Lipinski definition) is 3. The van der Waals surface area contributed by atoms with Crippen LogP contribution in [0.4, 0.5) is 0 Å². The van der Waals surface area contributed by atoms with E-state index < -0.39 is 6.10 Å². The van der Waals surface area contributed by atoms with Gasteiger partial charge in [-0.1, -0.05) is 30.3 Å². The van der Waals surface area contributed by atoms with Crippen LogP contribution >= 0.6 is 0 Å². The molecule has 2 N–H and O–H groups in total. The average Bonchev–Trinajstić information content (AvgIpc) is 2.31. The molecule has 3 heteroatoms. The van der Waals surface area contributed by atoms with Crippen molar-refractivity contribution in [2.45, 2.75) is 18.9 Å². The molecule has 15 heavy (non-hydrogen) atoms. The smallest absolute Gasteiger partial charge is 0.0992 e. The zero-order valence-electron chi connectivity index (χ0n) is 8.69. The van der Waals surface area contributed by atoms with Crippen LogP contribution in [0.1, 0.15) is 24.5 Å². The molecule has 1 aromatic carbocycles. The highest BCUT2D eigenvalue weighted by Crippen LogP contribution is 2.16. The first-order chi connectivity index (χ1) is 7.36. The van der Waals surface area contributed by atoms with Gasteiger partial charge in [0.1, 0.15) is 0 Å². The third-order valence-corrected chi connectivity index (χ3v) is 2.54. The molecule has 0 aliphatic carbocycles. The molecule has 1 aliphatic rings. The zero-order valence-corrected chi connectivity index (χ0v) is 8.69. The molecule has 0 saturated carbocycles. The van der Waals surface area contributed by atoms with Crippen molar-refractivity contribution in [3.63, 3.8) is 0 Å². The molecule has 1 heterocycles. The maximum atomic E-state index is 9.95. The summed E-state index contributed by atoms with van der Waals surface area (Å²) < 4.78 is 0. The first-order valence-electron chi connectivity index (χ1n) is 5.36. The summed E-state index contributed by atoms with van der Waals surface area (Å²) in [6.07, 6.45) is 1.23. The number of amidine groups is 1. The number of aliphatic imine (C=N–C) groups is 1. The van der Waals surface area contributed by atoms with E-state index in [1.54, 1.807) is 0 Å². The lowest BCUT2D eigenvalue weighted by atomic mass is 10.1. The molecular formula is C12H16N2O. The van der Waals surface area contributed by atoms with Crippen molar-refractivity contribution < 1.29 is 5.11 Å². The molecule has 0 saturated heterocycles. The Balaban J connectivity index is 1.97. The molecule has 1 aromatic rings. The normalized spacial score (nSPS) is 17.8. The summed E-state index contributed by atoms with van der Waals surface area (Å²) in [7, 11) is 0. The van der Waals surface area contributed by atoms with Gasteiger partial charge in [0.05, 0.1) is 11.9 Å². The predicted octanol–water partition coefficient (Wildman–Crippen LogP) is 1.50. The van der Waals surface area contributed by atoms with Crippen molar-refractivity contribution in [1.82, 2.24) is 5.32 Å². The van der Waals surface area contributed by atoms with Crippen molar-refractivity contribution in [1.29, 1.82) is 0 Å². The van der Waals surface area contributed by atoms with Gasteiger partial charge in [-0.05, 0) is 12.0 Å². The Morgan fingerprint density at radius 2 is 2.13 bits per heavy atom. The largest absolute Gasteiger partial charge is 0.388 e. The molecule has 0 aromatic heterocycles. The molecule has 0 spiro atoms. The predicted molar refractivity (Wildman–Crippen MR) is 60.9 cm³/mol. The van der Waals surface area contributed by atoms with E-state index in [2.05, 4.69) is 10.3 Å². The minimum Gasteiger partial charge on any atom is -0.388 e. The number of benzene rings is 1. The summed E-state index contributed by atoms with van der Waals surface area (Å²) >= 11 is 0. The van der Waals surface area contributed by atoms with E-state index in [0.29, 0.717) is 6.42 Å². The molecule has 0 radical (unpaired) electrons. The standard InChI is InChI=1S/C12H16N2O/c15-11(10-5-2-1-3-6-10)9-12-13-7-4-8-14-12/h1-3,5-6,11,15H,4,7-9H2,(H,13,14). The highest BCUT2D eigenvalue weighted by Gasteiger charge is 2.12. The minimum atomic E-state index is -0.449. The van der Waals surface area contributed by atoms with Crippen molar-refractivity contribution >= 4 is 5.84 Å². The average molecular weight is 204 g/mol. The second kappa shape index (κ2) is 4.94. The summed E-state index contributed by atoms with van der Waals surface area (Å²) in [6, 6.07) is 9.71. The molecule has 1 atom stereocenters. The van der Waals surface area contributed by atoms with E-state index in [1.807, 2.05) is 30.3 Å². The number of nitrogens with one attached hydrogen (secondary N) is 1. The second-order valence-corrected chi connectivity index (χ2v) is 3.74. The topological polar surface area (TPSA) is 44.6 Å². The molecular weight excluding hydrogens is 188 g/mol. The van der Waals surface area contributed by atoms with Crippen LogP contribution in [0.5, 0.6) is 0 Å². The Labute approximate surface area is 89.9 Å². The van der Waals surface area contributed by atoms with Crippen molar-refractivity contribution in [2.75, 3.05) is 13.1 Å². The third-order valence-electron chi connectivity index (χ3n) is 2.54. The Bertz CT molecular complexity index is 335. The monoisotopic (exact) mass is 204 g/mol. The van der Waals surface area contributed by atoms with Gasteiger partial charge < -0.3 is 10.4 Å². The van der Waals surface area contributed by atoms with Crippen LogP contribution in [0.25, 0.3) is 0 Å². The van der Waals surface area contributed by atoms with Gasteiger partial charge in [0, 0.05) is 19.5 Å². The van der Waals surface area contributed by atoms with E-state index in [0.717, 1.165) is 30.9 Å². The lowest BCUT2D eigenvalue weighted by molar-refractivity contribution is 0.185. The van der Waals surface area contributed by atoms with Crippen molar-refractivity contribution in [3.8, 4) is 0 Å².